The molecule has 0 radical (unpaired) electrons. The number of benzene rings is 1. The summed E-state index contributed by atoms with van der Waals surface area (Å²) < 4.78 is 13.9. The van der Waals surface area contributed by atoms with Gasteiger partial charge >= 0.3 is 0 Å². The Balaban J connectivity index is 1.51. The van der Waals surface area contributed by atoms with Gasteiger partial charge in [0.15, 0.2) is 6.10 Å². The van der Waals surface area contributed by atoms with E-state index in [0.717, 1.165) is 29.1 Å². The molecule has 0 bridgehead atoms. The highest BCUT2D eigenvalue weighted by Gasteiger charge is 2.20. The molecule has 0 aliphatic heterocycles. The molecular formula is C20H20N4O2. The summed E-state index contributed by atoms with van der Waals surface area (Å²) in [5, 5.41) is 8.36. The van der Waals surface area contributed by atoms with Gasteiger partial charge in [-0.25, -0.2) is 4.98 Å². The van der Waals surface area contributed by atoms with Gasteiger partial charge in [-0.1, -0.05) is 31.2 Å². The lowest BCUT2D eigenvalue weighted by atomic mass is 10.2. The maximum absolute atomic E-state index is 6.08. The number of imidazole rings is 1. The molecule has 1 atom stereocenters. The van der Waals surface area contributed by atoms with Gasteiger partial charge in [0.25, 0.3) is 5.89 Å². The second-order valence-electron chi connectivity index (χ2n) is 6.19. The quantitative estimate of drug-likeness (QED) is 0.524. The predicted molar refractivity (Wildman–Crippen MR) is 97.1 cm³/mol. The van der Waals surface area contributed by atoms with Gasteiger partial charge in [-0.15, -0.1) is 10.2 Å². The fourth-order valence-electron chi connectivity index (χ4n) is 2.85. The van der Waals surface area contributed by atoms with Gasteiger partial charge in [0.2, 0.25) is 5.89 Å². The third kappa shape index (κ3) is 3.31. The highest BCUT2D eigenvalue weighted by atomic mass is 16.5. The fraction of sp³-hybridized carbons (Fsp3) is 0.250. The molecule has 26 heavy (non-hydrogen) atoms. The maximum Gasteiger partial charge on any atom is 0.256 e. The van der Waals surface area contributed by atoms with Crippen molar-refractivity contribution in [2.45, 2.75) is 32.8 Å². The molecule has 0 spiro atoms. The number of hydrogen-bond donors (Lipinski definition) is 0. The van der Waals surface area contributed by atoms with Crippen LogP contribution in [0.4, 0.5) is 0 Å². The van der Waals surface area contributed by atoms with Crippen molar-refractivity contribution in [3.05, 3.63) is 77.9 Å². The van der Waals surface area contributed by atoms with Crippen LogP contribution in [0.25, 0.3) is 5.65 Å². The van der Waals surface area contributed by atoms with E-state index in [4.69, 9.17) is 9.15 Å². The summed E-state index contributed by atoms with van der Waals surface area (Å²) in [6, 6.07) is 13.8. The zero-order chi connectivity index (χ0) is 17.9. The summed E-state index contributed by atoms with van der Waals surface area (Å²) in [5.74, 6) is 1.87. The van der Waals surface area contributed by atoms with E-state index >= 15 is 0 Å². The minimum atomic E-state index is -0.265. The average molecular weight is 348 g/mol. The maximum atomic E-state index is 6.08. The van der Waals surface area contributed by atoms with E-state index in [1.807, 2.05) is 73.1 Å². The Morgan fingerprint density at radius 2 is 1.96 bits per heavy atom. The average Bonchev–Trinajstić information content (AvgIpc) is 3.27. The first kappa shape index (κ1) is 16.3. The highest BCUT2D eigenvalue weighted by Crippen LogP contribution is 2.26. The van der Waals surface area contributed by atoms with E-state index in [1.165, 1.54) is 0 Å². The topological polar surface area (TPSA) is 65.5 Å². The van der Waals surface area contributed by atoms with Gasteiger partial charge in [-0.2, -0.15) is 0 Å². The third-order valence-corrected chi connectivity index (χ3v) is 4.24. The lowest BCUT2D eigenvalue weighted by molar-refractivity contribution is 0.162. The number of para-hydroxylation sites is 1. The van der Waals surface area contributed by atoms with Gasteiger partial charge in [0.05, 0.1) is 12.1 Å². The van der Waals surface area contributed by atoms with E-state index in [9.17, 15) is 0 Å². The Bertz CT molecular complexity index is 988. The minimum absolute atomic E-state index is 0.265. The van der Waals surface area contributed by atoms with Crippen LogP contribution in [0.2, 0.25) is 0 Å². The number of fused-ring (bicyclic) bond motifs is 1. The normalized spacial score (nSPS) is 12.4. The number of aromatic nitrogens is 4. The number of rotatable bonds is 6. The van der Waals surface area contributed by atoms with E-state index in [1.54, 1.807) is 0 Å². The first-order chi connectivity index (χ1) is 12.7. The van der Waals surface area contributed by atoms with E-state index in [0.29, 0.717) is 18.2 Å². The molecule has 0 saturated carbocycles. The van der Waals surface area contributed by atoms with Crippen molar-refractivity contribution < 1.29 is 9.15 Å². The molecule has 4 aromatic rings. The highest BCUT2D eigenvalue weighted by molar-refractivity contribution is 5.39. The molecule has 0 aliphatic carbocycles. The van der Waals surface area contributed by atoms with Gasteiger partial charge < -0.3 is 13.6 Å². The Morgan fingerprint density at radius 1 is 1.12 bits per heavy atom. The van der Waals surface area contributed by atoms with Crippen molar-refractivity contribution in [3.63, 3.8) is 0 Å². The zero-order valence-electron chi connectivity index (χ0n) is 14.8. The molecule has 132 valence electrons. The molecule has 1 unspecified atom stereocenters. The van der Waals surface area contributed by atoms with Crippen molar-refractivity contribution in [1.29, 1.82) is 0 Å². The van der Waals surface area contributed by atoms with Gasteiger partial charge in [0, 0.05) is 12.4 Å². The molecule has 6 heteroatoms. The fourth-order valence-corrected chi connectivity index (χ4v) is 2.85. The first-order valence-electron chi connectivity index (χ1n) is 8.70. The molecule has 1 aromatic carbocycles. The molecule has 0 fully saturated rings. The van der Waals surface area contributed by atoms with Crippen LogP contribution in [-0.2, 0) is 6.42 Å². The van der Waals surface area contributed by atoms with Crippen LogP contribution in [0.5, 0.6) is 5.75 Å². The second kappa shape index (κ2) is 7.00. The van der Waals surface area contributed by atoms with E-state index < -0.39 is 0 Å². The molecule has 6 nitrogen and oxygen atoms in total. The van der Waals surface area contributed by atoms with Crippen LogP contribution in [0.1, 0.15) is 42.5 Å². The molecule has 3 heterocycles. The smallest absolute Gasteiger partial charge is 0.256 e. The van der Waals surface area contributed by atoms with Crippen molar-refractivity contribution in [3.8, 4) is 5.75 Å². The van der Waals surface area contributed by atoms with Crippen LogP contribution in [0, 0.1) is 6.92 Å². The van der Waals surface area contributed by atoms with Crippen LogP contribution < -0.4 is 4.74 Å². The van der Waals surface area contributed by atoms with Crippen molar-refractivity contribution in [1.82, 2.24) is 19.6 Å². The van der Waals surface area contributed by atoms with Crippen molar-refractivity contribution in [2.24, 2.45) is 0 Å². The number of pyridine rings is 1. The van der Waals surface area contributed by atoms with Crippen LogP contribution >= 0.6 is 0 Å². The number of nitrogens with zero attached hydrogens (tertiary/aromatic N) is 4. The van der Waals surface area contributed by atoms with Gasteiger partial charge in [0.1, 0.15) is 11.4 Å². The predicted octanol–water partition coefficient (Wildman–Crippen LogP) is 4.15. The van der Waals surface area contributed by atoms with Crippen LogP contribution in [0.15, 0.2) is 59.3 Å². The summed E-state index contributed by atoms with van der Waals surface area (Å²) in [4.78, 5) is 4.57. The zero-order valence-corrected chi connectivity index (χ0v) is 14.8. The van der Waals surface area contributed by atoms with Gasteiger partial charge in [-0.05, 0) is 37.1 Å². The molecule has 0 N–H and O–H groups in total. The molecular weight excluding hydrogens is 328 g/mol. The summed E-state index contributed by atoms with van der Waals surface area (Å²) in [7, 11) is 0. The SMILES string of the molecule is CCC(Oc1ccccc1C)c1nnc(Cc2cn3ccccc3n2)o1. The van der Waals surface area contributed by atoms with Crippen molar-refractivity contribution in [2.75, 3.05) is 0 Å². The van der Waals surface area contributed by atoms with Crippen LogP contribution in [0.3, 0.4) is 0 Å². The molecule has 0 amide bonds. The van der Waals surface area contributed by atoms with Gasteiger partial charge in [-0.3, -0.25) is 0 Å². The largest absolute Gasteiger partial charge is 0.480 e. The molecule has 0 saturated heterocycles. The number of aryl methyl sites for hydroxylation is 1. The Labute approximate surface area is 151 Å². The van der Waals surface area contributed by atoms with Crippen molar-refractivity contribution >= 4 is 5.65 Å². The van der Waals surface area contributed by atoms with E-state index in [2.05, 4.69) is 15.2 Å². The summed E-state index contributed by atoms with van der Waals surface area (Å²) >= 11 is 0. The second-order valence-corrected chi connectivity index (χ2v) is 6.19. The number of ether oxygens (including phenoxy) is 1. The summed E-state index contributed by atoms with van der Waals surface area (Å²) in [6.07, 6.45) is 4.91. The number of hydrogen-bond acceptors (Lipinski definition) is 5. The Kier molecular flexibility index (Phi) is 4.39. The molecule has 0 aliphatic rings. The lowest BCUT2D eigenvalue weighted by Crippen LogP contribution is -2.07. The molecule has 3 aromatic heterocycles. The third-order valence-electron chi connectivity index (χ3n) is 4.24. The first-order valence-corrected chi connectivity index (χ1v) is 8.70. The molecule has 4 rings (SSSR count). The van der Waals surface area contributed by atoms with Crippen LogP contribution in [-0.4, -0.2) is 19.6 Å². The summed E-state index contributed by atoms with van der Waals surface area (Å²) in [6.45, 7) is 4.06. The van der Waals surface area contributed by atoms with E-state index in [-0.39, 0.29) is 6.10 Å². The standard InChI is InChI=1S/C20H20N4O2/c1-3-16(25-17-9-5-4-8-14(17)2)20-23-22-19(26-20)12-15-13-24-11-7-6-10-18(24)21-15/h4-11,13,16H,3,12H2,1-2H3. The minimum Gasteiger partial charge on any atom is -0.480 e. The Hall–Kier alpha value is -3.15. The Morgan fingerprint density at radius 3 is 2.77 bits per heavy atom. The summed E-state index contributed by atoms with van der Waals surface area (Å²) in [5.41, 5.74) is 2.87. The monoisotopic (exact) mass is 348 g/mol. The lowest BCUT2D eigenvalue weighted by Gasteiger charge is -2.15.